The molecule has 0 bridgehead atoms. The van der Waals surface area contributed by atoms with Crippen LogP contribution in [0.3, 0.4) is 0 Å². The van der Waals surface area contributed by atoms with Crippen LogP contribution in [0.4, 0.5) is 0 Å². The summed E-state index contributed by atoms with van der Waals surface area (Å²) in [5, 5.41) is 18.4. The predicted octanol–water partition coefficient (Wildman–Crippen LogP) is 3.79. The average Bonchev–Trinajstić information content (AvgIpc) is 2.53. The SMILES string of the molecule is O=C(/C=C/CCc1ccc(O)cc1)CCc1ccc(O)cc1. The molecule has 0 heterocycles. The number of ketones is 1. The van der Waals surface area contributed by atoms with Crippen molar-refractivity contribution in [2.24, 2.45) is 0 Å². The number of rotatable bonds is 7. The molecule has 0 spiro atoms. The Morgan fingerprint density at radius 3 is 1.86 bits per heavy atom. The van der Waals surface area contributed by atoms with E-state index in [4.69, 9.17) is 0 Å². The third-order valence-electron chi connectivity index (χ3n) is 3.44. The normalized spacial score (nSPS) is 10.9. The van der Waals surface area contributed by atoms with Crippen LogP contribution in [0.15, 0.2) is 60.7 Å². The van der Waals surface area contributed by atoms with Crippen molar-refractivity contribution in [2.45, 2.75) is 25.7 Å². The Kier molecular flexibility index (Phi) is 5.78. The maximum absolute atomic E-state index is 11.8. The van der Waals surface area contributed by atoms with Gasteiger partial charge in [0.25, 0.3) is 0 Å². The second-order valence-corrected chi connectivity index (χ2v) is 5.24. The van der Waals surface area contributed by atoms with Crippen molar-refractivity contribution in [2.75, 3.05) is 0 Å². The van der Waals surface area contributed by atoms with Crippen LogP contribution in [-0.2, 0) is 17.6 Å². The van der Waals surface area contributed by atoms with Crippen LogP contribution in [-0.4, -0.2) is 16.0 Å². The van der Waals surface area contributed by atoms with Crippen LogP contribution in [0.5, 0.6) is 11.5 Å². The summed E-state index contributed by atoms with van der Waals surface area (Å²) >= 11 is 0. The first-order valence-corrected chi connectivity index (χ1v) is 7.38. The van der Waals surface area contributed by atoms with Crippen LogP contribution < -0.4 is 0 Å². The van der Waals surface area contributed by atoms with Crippen molar-refractivity contribution in [3.8, 4) is 11.5 Å². The second-order valence-electron chi connectivity index (χ2n) is 5.24. The van der Waals surface area contributed by atoms with Gasteiger partial charge >= 0.3 is 0 Å². The van der Waals surface area contributed by atoms with Gasteiger partial charge in [-0.05, 0) is 60.7 Å². The molecule has 114 valence electrons. The average molecular weight is 296 g/mol. The summed E-state index contributed by atoms with van der Waals surface area (Å²) in [7, 11) is 0. The van der Waals surface area contributed by atoms with Gasteiger partial charge in [-0.15, -0.1) is 0 Å². The summed E-state index contributed by atoms with van der Waals surface area (Å²) in [6.45, 7) is 0. The first kappa shape index (κ1) is 15.8. The zero-order valence-electron chi connectivity index (χ0n) is 12.4. The summed E-state index contributed by atoms with van der Waals surface area (Å²) in [4.78, 5) is 11.8. The van der Waals surface area contributed by atoms with E-state index < -0.39 is 0 Å². The molecule has 0 amide bonds. The second kappa shape index (κ2) is 8.03. The molecular weight excluding hydrogens is 276 g/mol. The highest BCUT2D eigenvalue weighted by atomic mass is 16.3. The minimum Gasteiger partial charge on any atom is -0.508 e. The Morgan fingerprint density at radius 2 is 1.32 bits per heavy atom. The van der Waals surface area contributed by atoms with Crippen LogP contribution in [0.25, 0.3) is 0 Å². The van der Waals surface area contributed by atoms with Crippen LogP contribution in [0.1, 0.15) is 24.0 Å². The van der Waals surface area contributed by atoms with Gasteiger partial charge in [0.1, 0.15) is 11.5 Å². The molecule has 2 rings (SSSR count). The van der Waals surface area contributed by atoms with Crippen LogP contribution in [0.2, 0.25) is 0 Å². The lowest BCUT2D eigenvalue weighted by atomic mass is 10.1. The Bertz CT molecular complexity index is 625. The van der Waals surface area contributed by atoms with Gasteiger partial charge in [-0.25, -0.2) is 0 Å². The van der Waals surface area contributed by atoms with E-state index in [9.17, 15) is 15.0 Å². The van der Waals surface area contributed by atoms with Crippen molar-refractivity contribution in [1.29, 1.82) is 0 Å². The number of aryl methyl sites for hydroxylation is 2. The minimum absolute atomic E-state index is 0.110. The third kappa shape index (κ3) is 5.44. The quantitative estimate of drug-likeness (QED) is 0.764. The number of carbonyl (C=O) groups is 1. The zero-order chi connectivity index (χ0) is 15.8. The Hall–Kier alpha value is -2.55. The zero-order valence-corrected chi connectivity index (χ0v) is 12.4. The molecule has 0 unspecified atom stereocenters. The summed E-state index contributed by atoms with van der Waals surface area (Å²) < 4.78 is 0. The smallest absolute Gasteiger partial charge is 0.155 e. The topological polar surface area (TPSA) is 57.5 Å². The van der Waals surface area contributed by atoms with E-state index in [2.05, 4.69) is 0 Å². The van der Waals surface area contributed by atoms with Gasteiger partial charge in [0, 0.05) is 6.42 Å². The fraction of sp³-hybridized carbons (Fsp3) is 0.211. The fourth-order valence-corrected chi connectivity index (χ4v) is 2.14. The number of benzene rings is 2. The number of allylic oxidation sites excluding steroid dienone is 2. The van der Waals surface area contributed by atoms with E-state index >= 15 is 0 Å². The van der Waals surface area contributed by atoms with Crippen molar-refractivity contribution in [3.63, 3.8) is 0 Å². The standard InChI is InChI=1S/C19H20O3/c20-17(10-7-16-8-13-19(22)14-9-16)4-2-1-3-15-5-11-18(21)12-6-15/h2,4-6,8-9,11-14,21-22H,1,3,7,10H2/b4-2+. The molecule has 0 aliphatic heterocycles. The van der Waals surface area contributed by atoms with Crippen molar-refractivity contribution < 1.29 is 15.0 Å². The molecule has 0 fully saturated rings. The van der Waals surface area contributed by atoms with Crippen molar-refractivity contribution >= 4 is 5.78 Å². The minimum atomic E-state index is 0.110. The third-order valence-corrected chi connectivity index (χ3v) is 3.44. The largest absolute Gasteiger partial charge is 0.508 e. The first-order chi connectivity index (χ1) is 10.6. The molecule has 3 heteroatoms. The van der Waals surface area contributed by atoms with Gasteiger partial charge in [0.15, 0.2) is 5.78 Å². The molecule has 0 saturated carbocycles. The van der Waals surface area contributed by atoms with E-state index in [1.54, 1.807) is 30.3 Å². The van der Waals surface area contributed by atoms with E-state index in [0.29, 0.717) is 12.8 Å². The number of phenolic OH excluding ortho intramolecular Hbond substituents is 2. The lowest BCUT2D eigenvalue weighted by Gasteiger charge is -2.00. The number of phenols is 2. The lowest BCUT2D eigenvalue weighted by molar-refractivity contribution is -0.114. The summed E-state index contributed by atoms with van der Waals surface area (Å²) in [5.74, 6) is 0.617. The molecule has 2 aromatic rings. The molecule has 2 aromatic carbocycles. The summed E-state index contributed by atoms with van der Waals surface area (Å²) in [6, 6.07) is 14.0. The highest BCUT2D eigenvalue weighted by molar-refractivity contribution is 5.89. The maximum Gasteiger partial charge on any atom is 0.155 e. The van der Waals surface area contributed by atoms with Gasteiger partial charge in [0.2, 0.25) is 0 Å². The fourth-order valence-electron chi connectivity index (χ4n) is 2.14. The number of carbonyl (C=O) groups excluding carboxylic acids is 1. The van der Waals surface area contributed by atoms with E-state index in [-0.39, 0.29) is 17.3 Å². The van der Waals surface area contributed by atoms with Crippen molar-refractivity contribution in [1.82, 2.24) is 0 Å². The Labute approximate surface area is 130 Å². The van der Waals surface area contributed by atoms with E-state index in [0.717, 1.165) is 24.0 Å². The van der Waals surface area contributed by atoms with Crippen LogP contribution in [0, 0.1) is 0 Å². The maximum atomic E-state index is 11.8. The van der Waals surface area contributed by atoms with Gasteiger partial charge in [-0.1, -0.05) is 30.3 Å². The lowest BCUT2D eigenvalue weighted by Crippen LogP contribution is -1.96. The number of hydrogen-bond acceptors (Lipinski definition) is 3. The van der Waals surface area contributed by atoms with Gasteiger partial charge in [-0.3, -0.25) is 4.79 Å². The molecule has 0 aliphatic rings. The predicted molar refractivity (Wildman–Crippen MR) is 87.0 cm³/mol. The van der Waals surface area contributed by atoms with Gasteiger partial charge < -0.3 is 10.2 Å². The summed E-state index contributed by atoms with van der Waals surface area (Å²) in [6.07, 6.45) is 6.34. The molecule has 3 nitrogen and oxygen atoms in total. The molecule has 0 radical (unpaired) electrons. The Morgan fingerprint density at radius 1 is 0.818 bits per heavy atom. The van der Waals surface area contributed by atoms with Crippen LogP contribution >= 0.6 is 0 Å². The van der Waals surface area contributed by atoms with Crippen molar-refractivity contribution in [3.05, 3.63) is 71.8 Å². The molecule has 0 atom stereocenters. The molecule has 2 N–H and O–H groups in total. The first-order valence-electron chi connectivity index (χ1n) is 7.38. The molecule has 0 aliphatic carbocycles. The molecular formula is C19H20O3. The highest BCUT2D eigenvalue weighted by Gasteiger charge is 1.99. The van der Waals surface area contributed by atoms with E-state index in [1.165, 1.54) is 0 Å². The molecule has 0 saturated heterocycles. The summed E-state index contributed by atoms with van der Waals surface area (Å²) in [5.41, 5.74) is 2.18. The molecule has 0 aromatic heterocycles. The van der Waals surface area contributed by atoms with E-state index in [1.807, 2.05) is 30.3 Å². The Balaban J connectivity index is 1.70. The van der Waals surface area contributed by atoms with Gasteiger partial charge in [-0.2, -0.15) is 0 Å². The monoisotopic (exact) mass is 296 g/mol. The molecule has 22 heavy (non-hydrogen) atoms. The highest BCUT2D eigenvalue weighted by Crippen LogP contribution is 2.12. The number of aromatic hydroxyl groups is 2. The van der Waals surface area contributed by atoms with Gasteiger partial charge in [0.05, 0.1) is 0 Å². The number of hydrogen-bond donors (Lipinski definition) is 2.